The van der Waals surface area contributed by atoms with Crippen LogP contribution in [0.1, 0.15) is 32.6 Å². The summed E-state index contributed by atoms with van der Waals surface area (Å²) in [5.74, 6) is -0.352. The van der Waals surface area contributed by atoms with Gasteiger partial charge in [-0.25, -0.2) is 4.79 Å². The van der Waals surface area contributed by atoms with Crippen LogP contribution in [-0.4, -0.2) is 55.1 Å². The number of esters is 1. The number of ether oxygens (including phenoxy) is 1. The summed E-state index contributed by atoms with van der Waals surface area (Å²) < 4.78 is 4.65. The van der Waals surface area contributed by atoms with Crippen LogP contribution in [0, 0.1) is 0 Å². The summed E-state index contributed by atoms with van der Waals surface area (Å²) in [6.07, 6.45) is 4.23. The van der Waals surface area contributed by atoms with Crippen molar-refractivity contribution in [3.63, 3.8) is 0 Å². The van der Waals surface area contributed by atoms with Crippen LogP contribution in [-0.2, 0) is 9.53 Å². The van der Waals surface area contributed by atoms with Crippen LogP contribution in [0.5, 0.6) is 0 Å². The monoisotopic (exact) mass is 242 g/mol. The van der Waals surface area contributed by atoms with Gasteiger partial charge in [-0.1, -0.05) is 12.8 Å². The minimum Gasteiger partial charge on any atom is -0.468 e. The lowest BCUT2D eigenvalue weighted by Gasteiger charge is -2.31. The molecule has 98 valence electrons. The molecule has 0 aromatic carbocycles. The summed E-state index contributed by atoms with van der Waals surface area (Å²) in [5.41, 5.74) is 0. The quantitative estimate of drug-likeness (QED) is 0.702. The molecule has 1 fully saturated rings. The highest BCUT2D eigenvalue weighted by molar-refractivity contribution is 5.81. The predicted molar refractivity (Wildman–Crippen MR) is 64.7 cm³/mol. The van der Waals surface area contributed by atoms with Crippen LogP contribution in [0.25, 0.3) is 0 Å². The highest BCUT2D eigenvalue weighted by atomic mass is 16.5. The molecule has 0 spiro atoms. The third-order valence-corrected chi connectivity index (χ3v) is 3.34. The van der Waals surface area contributed by atoms with E-state index in [9.17, 15) is 9.59 Å². The van der Waals surface area contributed by atoms with Crippen molar-refractivity contribution in [2.24, 2.45) is 0 Å². The number of nitrogens with zero attached hydrogens (tertiary/aromatic N) is 2. The highest BCUT2D eigenvalue weighted by Crippen LogP contribution is 2.24. The fourth-order valence-corrected chi connectivity index (χ4v) is 2.13. The van der Waals surface area contributed by atoms with E-state index in [0.717, 1.165) is 25.7 Å². The number of urea groups is 1. The molecule has 5 nitrogen and oxygen atoms in total. The molecule has 0 aromatic rings. The first-order valence-corrected chi connectivity index (χ1v) is 6.18. The Labute approximate surface area is 103 Å². The van der Waals surface area contributed by atoms with E-state index in [4.69, 9.17) is 0 Å². The minimum atomic E-state index is -0.352. The van der Waals surface area contributed by atoms with Crippen LogP contribution in [0.3, 0.4) is 0 Å². The van der Waals surface area contributed by atoms with Crippen LogP contribution >= 0.6 is 0 Å². The summed E-state index contributed by atoms with van der Waals surface area (Å²) in [5, 5.41) is 0. The van der Waals surface area contributed by atoms with Crippen molar-refractivity contribution in [1.29, 1.82) is 0 Å². The Balaban J connectivity index is 2.70. The number of rotatable bonds is 4. The molecule has 1 rings (SSSR count). The molecule has 0 heterocycles. The Morgan fingerprint density at radius 3 is 2.35 bits per heavy atom. The Kier molecular flexibility index (Phi) is 5.25. The summed E-state index contributed by atoms with van der Waals surface area (Å²) in [6.45, 7) is 2.62. The van der Waals surface area contributed by atoms with Gasteiger partial charge in [-0.2, -0.15) is 0 Å². The van der Waals surface area contributed by atoms with E-state index in [-0.39, 0.29) is 24.6 Å². The second-order valence-electron chi connectivity index (χ2n) is 4.44. The van der Waals surface area contributed by atoms with E-state index in [2.05, 4.69) is 4.74 Å². The third kappa shape index (κ3) is 3.61. The van der Waals surface area contributed by atoms with Crippen molar-refractivity contribution < 1.29 is 14.3 Å². The van der Waals surface area contributed by atoms with E-state index in [1.807, 2.05) is 6.92 Å². The van der Waals surface area contributed by atoms with E-state index in [1.54, 1.807) is 16.8 Å². The van der Waals surface area contributed by atoms with Crippen LogP contribution < -0.4 is 0 Å². The largest absolute Gasteiger partial charge is 0.468 e. The smallest absolute Gasteiger partial charge is 0.325 e. The van der Waals surface area contributed by atoms with E-state index >= 15 is 0 Å². The predicted octanol–water partition coefficient (Wildman–Crippen LogP) is 1.48. The summed E-state index contributed by atoms with van der Waals surface area (Å²) in [7, 11) is 3.10. The normalized spacial score (nSPS) is 15.7. The van der Waals surface area contributed by atoms with Gasteiger partial charge in [0.15, 0.2) is 0 Å². The third-order valence-electron chi connectivity index (χ3n) is 3.34. The second-order valence-corrected chi connectivity index (χ2v) is 4.44. The molecule has 0 aromatic heterocycles. The molecule has 0 aliphatic heterocycles. The summed E-state index contributed by atoms with van der Waals surface area (Å²) in [4.78, 5) is 26.8. The average molecular weight is 242 g/mol. The molecule has 0 saturated heterocycles. The lowest BCUT2D eigenvalue weighted by Crippen LogP contribution is -2.48. The van der Waals surface area contributed by atoms with Crippen molar-refractivity contribution in [3.8, 4) is 0 Å². The Morgan fingerprint density at radius 1 is 1.29 bits per heavy atom. The molecular weight excluding hydrogens is 220 g/mol. The maximum atomic E-state index is 12.2. The second kappa shape index (κ2) is 6.47. The van der Waals surface area contributed by atoms with Crippen molar-refractivity contribution in [2.75, 3.05) is 27.2 Å². The Morgan fingerprint density at radius 2 is 1.88 bits per heavy atom. The first-order valence-electron chi connectivity index (χ1n) is 6.18. The first kappa shape index (κ1) is 13.8. The molecule has 5 heteroatoms. The topological polar surface area (TPSA) is 49.9 Å². The van der Waals surface area contributed by atoms with Gasteiger partial charge in [0.25, 0.3) is 0 Å². The average Bonchev–Trinajstić information content (AvgIpc) is 2.87. The lowest BCUT2D eigenvalue weighted by atomic mass is 10.2. The van der Waals surface area contributed by atoms with Crippen molar-refractivity contribution >= 4 is 12.0 Å². The number of methoxy groups -OCH3 is 1. The highest BCUT2D eigenvalue weighted by Gasteiger charge is 2.30. The summed E-state index contributed by atoms with van der Waals surface area (Å²) in [6, 6.07) is 0.111. The van der Waals surface area contributed by atoms with Crippen LogP contribution in [0.15, 0.2) is 0 Å². The van der Waals surface area contributed by atoms with Crippen LogP contribution in [0.2, 0.25) is 0 Å². The maximum Gasteiger partial charge on any atom is 0.325 e. The molecule has 1 aliphatic carbocycles. The summed E-state index contributed by atoms with van der Waals surface area (Å²) >= 11 is 0. The van der Waals surface area contributed by atoms with E-state index in [0.29, 0.717) is 6.54 Å². The number of hydrogen-bond donors (Lipinski definition) is 0. The van der Waals surface area contributed by atoms with Gasteiger partial charge in [0, 0.05) is 19.6 Å². The number of hydrogen-bond acceptors (Lipinski definition) is 3. The molecule has 2 amide bonds. The molecule has 0 unspecified atom stereocenters. The van der Waals surface area contributed by atoms with Gasteiger partial charge in [-0.05, 0) is 19.8 Å². The van der Waals surface area contributed by atoms with E-state index in [1.165, 1.54) is 7.11 Å². The molecule has 0 N–H and O–H groups in total. The molecular formula is C12H22N2O3. The molecule has 1 aliphatic rings. The zero-order chi connectivity index (χ0) is 12.8. The molecule has 0 radical (unpaired) electrons. The van der Waals surface area contributed by atoms with Crippen molar-refractivity contribution in [1.82, 2.24) is 9.80 Å². The maximum absolute atomic E-state index is 12.2. The van der Waals surface area contributed by atoms with E-state index < -0.39 is 0 Å². The van der Waals surface area contributed by atoms with Gasteiger partial charge in [0.05, 0.1) is 7.11 Å². The molecule has 0 atom stereocenters. The van der Waals surface area contributed by atoms with Gasteiger partial charge in [0.1, 0.15) is 6.54 Å². The Bertz CT molecular complexity index is 275. The van der Waals surface area contributed by atoms with Crippen LogP contribution in [0.4, 0.5) is 4.79 Å². The minimum absolute atomic E-state index is 0.0599. The number of carbonyl (C=O) groups excluding carboxylic acids is 2. The lowest BCUT2D eigenvalue weighted by molar-refractivity contribution is -0.141. The molecule has 17 heavy (non-hydrogen) atoms. The first-order chi connectivity index (χ1) is 8.10. The van der Waals surface area contributed by atoms with Gasteiger partial charge in [0.2, 0.25) is 0 Å². The zero-order valence-corrected chi connectivity index (χ0v) is 10.9. The standard InChI is InChI=1S/C12H22N2O3/c1-4-13(2)12(16)14(9-11(15)17-3)10-7-5-6-8-10/h10H,4-9H2,1-3H3. The van der Waals surface area contributed by atoms with Crippen molar-refractivity contribution in [2.45, 2.75) is 38.6 Å². The van der Waals surface area contributed by atoms with Gasteiger partial charge in [-0.15, -0.1) is 0 Å². The SMILES string of the molecule is CCN(C)C(=O)N(CC(=O)OC)C1CCCC1. The fraction of sp³-hybridized carbons (Fsp3) is 0.833. The Hall–Kier alpha value is -1.26. The van der Waals surface area contributed by atoms with Crippen molar-refractivity contribution in [3.05, 3.63) is 0 Å². The zero-order valence-electron chi connectivity index (χ0n) is 10.9. The number of amides is 2. The van der Waals surface area contributed by atoms with Gasteiger partial charge < -0.3 is 14.5 Å². The number of carbonyl (C=O) groups is 2. The fourth-order valence-electron chi connectivity index (χ4n) is 2.13. The molecule has 1 saturated carbocycles. The van der Waals surface area contributed by atoms with Gasteiger partial charge in [-0.3, -0.25) is 4.79 Å². The molecule has 0 bridgehead atoms. The van der Waals surface area contributed by atoms with Gasteiger partial charge >= 0.3 is 12.0 Å².